The van der Waals surface area contributed by atoms with Gasteiger partial charge in [0.1, 0.15) is 0 Å². The number of H-pyrrole nitrogens is 1. The Labute approximate surface area is 142 Å². The van der Waals surface area contributed by atoms with Gasteiger partial charge in [0, 0.05) is 24.3 Å². The molecule has 0 aliphatic heterocycles. The van der Waals surface area contributed by atoms with Crippen molar-refractivity contribution in [2.24, 2.45) is 0 Å². The predicted octanol–water partition coefficient (Wildman–Crippen LogP) is 5.12. The van der Waals surface area contributed by atoms with E-state index in [2.05, 4.69) is 89.2 Å². The molecule has 24 heavy (non-hydrogen) atoms. The van der Waals surface area contributed by atoms with Gasteiger partial charge in [-0.05, 0) is 34.2 Å². The van der Waals surface area contributed by atoms with E-state index in [0.29, 0.717) is 0 Å². The molecule has 4 rings (SSSR count). The van der Waals surface area contributed by atoms with Gasteiger partial charge < -0.3 is 10.3 Å². The summed E-state index contributed by atoms with van der Waals surface area (Å²) in [5, 5.41) is 4.77. The lowest BCUT2D eigenvalue weighted by atomic mass is 10.0. The highest BCUT2D eigenvalue weighted by atomic mass is 14.9. The first kappa shape index (κ1) is 14.7. The molecule has 0 bridgehead atoms. The number of rotatable bonds is 5. The zero-order chi connectivity index (χ0) is 16.2. The van der Waals surface area contributed by atoms with E-state index in [1.165, 1.54) is 33.3 Å². The fourth-order valence-corrected chi connectivity index (χ4v) is 3.02. The summed E-state index contributed by atoms with van der Waals surface area (Å²) in [4.78, 5) is 3.45. The first-order chi connectivity index (χ1) is 11.9. The number of nitrogens with one attached hydrogen (secondary N) is 2. The second kappa shape index (κ2) is 6.73. The van der Waals surface area contributed by atoms with Crippen molar-refractivity contribution >= 4 is 10.9 Å². The monoisotopic (exact) mass is 312 g/mol. The Morgan fingerprint density at radius 3 is 2.17 bits per heavy atom. The van der Waals surface area contributed by atoms with Crippen LogP contribution in [0, 0.1) is 0 Å². The lowest BCUT2D eigenvalue weighted by Crippen LogP contribution is -2.12. The van der Waals surface area contributed by atoms with E-state index < -0.39 is 0 Å². The summed E-state index contributed by atoms with van der Waals surface area (Å²) < 4.78 is 0. The number of para-hydroxylation sites is 1. The Bertz CT molecular complexity index is 888. The summed E-state index contributed by atoms with van der Waals surface area (Å²) in [5.41, 5.74) is 6.23. The highest BCUT2D eigenvalue weighted by Gasteiger charge is 2.01. The number of fused-ring (bicyclic) bond motifs is 1. The highest BCUT2D eigenvalue weighted by molar-refractivity contribution is 5.80. The van der Waals surface area contributed by atoms with Crippen LogP contribution in [0.1, 0.15) is 11.3 Å². The molecule has 2 nitrogen and oxygen atoms in total. The summed E-state index contributed by atoms with van der Waals surface area (Å²) >= 11 is 0. The maximum Gasteiger partial charge on any atom is 0.0456 e. The summed E-state index contributed by atoms with van der Waals surface area (Å²) in [7, 11) is 0. The van der Waals surface area contributed by atoms with Crippen molar-refractivity contribution in [2.45, 2.75) is 13.1 Å². The Balaban J connectivity index is 1.37. The maximum absolute atomic E-state index is 3.51. The van der Waals surface area contributed by atoms with Crippen molar-refractivity contribution in [3.8, 4) is 11.1 Å². The van der Waals surface area contributed by atoms with Gasteiger partial charge in [0.2, 0.25) is 0 Å². The molecule has 0 atom stereocenters. The van der Waals surface area contributed by atoms with Crippen molar-refractivity contribution in [3.05, 3.63) is 96.2 Å². The number of aromatic amines is 1. The van der Waals surface area contributed by atoms with Gasteiger partial charge in [-0.2, -0.15) is 0 Å². The molecule has 0 radical (unpaired) electrons. The van der Waals surface area contributed by atoms with E-state index >= 15 is 0 Å². The summed E-state index contributed by atoms with van der Waals surface area (Å²) in [6, 6.07) is 29.8. The average Bonchev–Trinajstić information content (AvgIpc) is 3.06. The lowest BCUT2D eigenvalue weighted by molar-refractivity contribution is 0.684. The van der Waals surface area contributed by atoms with E-state index in [1.54, 1.807) is 0 Å². The Morgan fingerprint density at radius 1 is 0.667 bits per heavy atom. The molecule has 0 saturated heterocycles. The maximum atomic E-state index is 3.51. The Morgan fingerprint density at radius 2 is 1.38 bits per heavy atom. The molecule has 3 aromatic carbocycles. The smallest absolute Gasteiger partial charge is 0.0456 e. The largest absolute Gasteiger partial charge is 0.357 e. The first-order valence-corrected chi connectivity index (χ1v) is 8.30. The molecular weight excluding hydrogens is 292 g/mol. The molecule has 2 heteroatoms. The second-order valence-corrected chi connectivity index (χ2v) is 6.05. The minimum absolute atomic E-state index is 0.842. The van der Waals surface area contributed by atoms with Crippen molar-refractivity contribution in [3.63, 3.8) is 0 Å². The van der Waals surface area contributed by atoms with Crippen LogP contribution in [0.25, 0.3) is 22.0 Å². The zero-order valence-corrected chi connectivity index (χ0v) is 13.5. The van der Waals surface area contributed by atoms with Crippen LogP contribution in [-0.2, 0) is 13.1 Å². The zero-order valence-electron chi connectivity index (χ0n) is 13.5. The van der Waals surface area contributed by atoms with Gasteiger partial charge >= 0.3 is 0 Å². The third-order valence-corrected chi connectivity index (χ3v) is 4.29. The van der Waals surface area contributed by atoms with Crippen molar-refractivity contribution in [1.29, 1.82) is 0 Å². The number of benzene rings is 3. The molecule has 0 amide bonds. The molecule has 0 spiro atoms. The van der Waals surface area contributed by atoms with E-state index in [-0.39, 0.29) is 0 Å². The van der Waals surface area contributed by atoms with Crippen LogP contribution in [0.3, 0.4) is 0 Å². The van der Waals surface area contributed by atoms with Gasteiger partial charge in [0.25, 0.3) is 0 Å². The quantitative estimate of drug-likeness (QED) is 0.525. The minimum Gasteiger partial charge on any atom is -0.357 e. The van der Waals surface area contributed by atoms with E-state index in [9.17, 15) is 0 Å². The molecule has 2 N–H and O–H groups in total. The highest BCUT2D eigenvalue weighted by Crippen LogP contribution is 2.19. The van der Waals surface area contributed by atoms with Gasteiger partial charge in [-0.15, -0.1) is 0 Å². The van der Waals surface area contributed by atoms with E-state index in [4.69, 9.17) is 0 Å². The number of hydrogen-bond donors (Lipinski definition) is 2. The molecule has 1 aromatic heterocycles. The van der Waals surface area contributed by atoms with Crippen molar-refractivity contribution in [2.75, 3.05) is 0 Å². The van der Waals surface area contributed by atoms with Crippen LogP contribution < -0.4 is 5.32 Å². The third kappa shape index (κ3) is 3.24. The SMILES string of the molecule is c1ccc(-c2ccc(CNCc3cc4ccccc4[nH]3)cc2)cc1. The summed E-state index contributed by atoms with van der Waals surface area (Å²) in [6.45, 7) is 1.71. The van der Waals surface area contributed by atoms with Gasteiger partial charge in [0.05, 0.1) is 0 Å². The topological polar surface area (TPSA) is 27.8 Å². The standard InChI is InChI=1S/C22H20N2/c1-2-6-18(7-3-1)19-12-10-17(11-13-19)15-23-16-21-14-20-8-4-5-9-22(20)24-21/h1-14,23-24H,15-16H2. The van der Waals surface area contributed by atoms with Crippen LogP contribution in [0.15, 0.2) is 84.9 Å². The molecule has 0 aliphatic carbocycles. The third-order valence-electron chi connectivity index (χ3n) is 4.29. The first-order valence-electron chi connectivity index (χ1n) is 8.30. The van der Waals surface area contributed by atoms with Gasteiger partial charge in [-0.3, -0.25) is 0 Å². The molecule has 0 saturated carbocycles. The van der Waals surface area contributed by atoms with Crippen LogP contribution in [0.2, 0.25) is 0 Å². The molecule has 4 aromatic rings. The lowest BCUT2D eigenvalue weighted by Gasteiger charge is -2.06. The van der Waals surface area contributed by atoms with Crippen LogP contribution in [-0.4, -0.2) is 4.98 Å². The van der Waals surface area contributed by atoms with E-state index in [0.717, 1.165) is 13.1 Å². The predicted molar refractivity (Wildman–Crippen MR) is 101 cm³/mol. The van der Waals surface area contributed by atoms with Crippen LogP contribution >= 0.6 is 0 Å². The fraction of sp³-hybridized carbons (Fsp3) is 0.0909. The molecule has 0 unspecified atom stereocenters. The van der Waals surface area contributed by atoms with Crippen LogP contribution in [0.4, 0.5) is 0 Å². The average molecular weight is 312 g/mol. The van der Waals surface area contributed by atoms with Crippen LogP contribution in [0.5, 0.6) is 0 Å². The summed E-state index contributed by atoms with van der Waals surface area (Å²) in [5.74, 6) is 0. The van der Waals surface area contributed by atoms with Gasteiger partial charge in [0.15, 0.2) is 0 Å². The van der Waals surface area contributed by atoms with E-state index in [1.807, 2.05) is 6.07 Å². The number of hydrogen-bond acceptors (Lipinski definition) is 1. The summed E-state index contributed by atoms with van der Waals surface area (Å²) in [6.07, 6.45) is 0. The number of aromatic nitrogens is 1. The van der Waals surface area contributed by atoms with Crippen molar-refractivity contribution < 1.29 is 0 Å². The second-order valence-electron chi connectivity index (χ2n) is 6.05. The van der Waals surface area contributed by atoms with Gasteiger partial charge in [-0.1, -0.05) is 72.8 Å². The molecule has 0 fully saturated rings. The fourth-order valence-electron chi connectivity index (χ4n) is 3.02. The molecule has 118 valence electrons. The Hall–Kier alpha value is -2.84. The molecule has 1 heterocycles. The molecule has 0 aliphatic rings. The normalized spacial score (nSPS) is 11.0. The Kier molecular flexibility index (Phi) is 4.13. The van der Waals surface area contributed by atoms with Crippen molar-refractivity contribution in [1.82, 2.24) is 10.3 Å². The minimum atomic E-state index is 0.842. The van der Waals surface area contributed by atoms with Gasteiger partial charge in [-0.25, -0.2) is 0 Å². The molecular formula is C22H20N2.